The van der Waals surface area contributed by atoms with E-state index in [1.807, 2.05) is 0 Å². The molecule has 1 amide bonds. The molecule has 0 saturated heterocycles. The summed E-state index contributed by atoms with van der Waals surface area (Å²) in [5.74, 6) is -0.929. The van der Waals surface area contributed by atoms with Gasteiger partial charge < -0.3 is 15.7 Å². The van der Waals surface area contributed by atoms with Gasteiger partial charge in [0.15, 0.2) is 0 Å². The molecule has 0 aliphatic heterocycles. The lowest BCUT2D eigenvalue weighted by Gasteiger charge is -2.40. The molecular formula is C26H35ClF2N2O2. The lowest BCUT2D eigenvalue weighted by atomic mass is 9.75. The minimum Gasteiger partial charge on any atom is -0.390 e. The number of rotatable bonds is 10. The molecule has 3 N–H and O–H groups in total. The highest BCUT2D eigenvalue weighted by molar-refractivity contribution is 5.85. The number of aliphatic hydroxyl groups is 1. The van der Waals surface area contributed by atoms with Gasteiger partial charge in [-0.25, -0.2) is 8.78 Å². The van der Waals surface area contributed by atoms with E-state index in [1.54, 1.807) is 0 Å². The highest BCUT2D eigenvalue weighted by Gasteiger charge is 2.35. The van der Waals surface area contributed by atoms with Crippen LogP contribution in [0.1, 0.15) is 68.6 Å². The van der Waals surface area contributed by atoms with E-state index in [0.717, 1.165) is 31.7 Å². The van der Waals surface area contributed by atoms with Crippen molar-refractivity contribution >= 4 is 18.8 Å². The topological polar surface area (TPSA) is 61.4 Å². The first-order valence-electron chi connectivity index (χ1n) is 11.5. The van der Waals surface area contributed by atoms with Crippen LogP contribution >= 0.6 is 12.4 Å². The van der Waals surface area contributed by atoms with Crippen molar-refractivity contribution in [2.45, 2.75) is 76.0 Å². The lowest BCUT2D eigenvalue weighted by molar-refractivity contribution is -0.110. The summed E-state index contributed by atoms with van der Waals surface area (Å²) in [7, 11) is 0. The maximum Gasteiger partial charge on any atom is 0.207 e. The van der Waals surface area contributed by atoms with Crippen LogP contribution in [-0.2, 0) is 16.8 Å². The van der Waals surface area contributed by atoms with Gasteiger partial charge in [-0.15, -0.1) is 12.4 Å². The molecular weight excluding hydrogens is 446 g/mol. The first-order chi connectivity index (χ1) is 15.3. The fourth-order valence-corrected chi connectivity index (χ4v) is 4.74. The smallest absolute Gasteiger partial charge is 0.207 e. The largest absolute Gasteiger partial charge is 0.390 e. The standard InChI is InChI=1S/C26H34F2N2O2.ClH/c1-18(2)20-7-6-8-21(14-20)26(9-4-3-5-10-26)30-16-25(32)24(29-17-31)13-19-11-22(27)15-23(28)12-19;/h6-8,11-12,14-15,17-18,24-25,30,32H,3-5,9-10,13,16H2,1-2H3,(H,29,31);1H/t24-,25+;/m0./s1. The number of carbonyl (C=O) groups is 1. The Morgan fingerprint density at radius 1 is 1.06 bits per heavy atom. The molecule has 3 rings (SSSR count). The molecule has 0 bridgehead atoms. The van der Waals surface area contributed by atoms with E-state index < -0.39 is 23.8 Å². The molecule has 1 aliphatic carbocycles. The number of hydrogen-bond donors (Lipinski definition) is 3. The molecule has 0 radical (unpaired) electrons. The van der Waals surface area contributed by atoms with Gasteiger partial charge in [-0.3, -0.25) is 4.79 Å². The summed E-state index contributed by atoms with van der Waals surface area (Å²) < 4.78 is 27.2. The van der Waals surface area contributed by atoms with Gasteiger partial charge >= 0.3 is 0 Å². The van der Waals surface area contributed by atoms with Crippen LogP contribution in [0.5, 0.6) is 0 Å². The summed E-state index contributed by atoms with van der Waals surface area (Å²) in [6.07, 6.45) is 5.08. The van der Waals surface area contributed by atoms with E-state index in [2.05, 4.69) is 48.7 Å². The predicted molar refractivity (Wildman–Crippen MR) is 130 cm³/mol. The van der Waals surface area contributed by atoms with Crippen molar-refractivity contribution in [2.75, 3.05) is 6.54 Å². The minimum absolute atomic E-state index is 0. The molecule has 2 aromatic rings. The van der Waals surface area contributed by atoms with Crippen molar-refractivity contribution in [1.82, 2.24) is 10.6 Å². The molecule has 33 heavy (non-hydrogen) atoms. The molecule has 4 nitrogen and oxygen atoms in total. The Hall–Kier alpha value is -2.02. The SMILES string of the molecule is CC(C)c1cccc(C2(NC[C@@H](O)[C@H](Cc3cc(F)cc(F)c3)NC=O)CCCCC2)c1.Cl. The van der Waals surface area contributed by atoms with Gasteiger partial charge in [-0.2, -0.15) is 0 Å². The number of amides is 1. The predicted octanol–water partition coefficient (Wildman–Crippen LogP) is 4.98. The van der Waals surface area contributed by atoms with Crippen molar-refractivity contribution in [3.8, 4) is 0 Å². The van der Waals surface area contributed by atoms with E-state index in [4.69, 9.17) is 0 Å². The van der Waals surface area contributed by atoms with Crippen LogP contribution in [-0.4, -0.2) is 30.2 Å². The number of hydrogen-bond acceptors (Lipinski definition) is 3. The van der Waals surface area contributed by atoms with Gasteiger partial charge in [0.2, 0.25) is 6.41 Å². The van der Waals surface area contributed by atoms with Crippen LogP contribution in [0, 0.1) is 11.6 Å². The second kappa shape index (κ2) is 12.4. The molecule has 0 aromatic heterocycles. The quantitative estimate of drug-likeness (QED) is 0.420. The van der Waals surface area contributed by atoms with Crippen LogP contribution in [0.4, 0.5) is 8.78 Å². The molecule has 1 fully saturated rings. The highest BCUT2D eigenvalue weighted by atomic mass is 35.5. The minimum atomic E-state index is -0.918. The third kappa shape index (κ3) is 7.23. The summed E-state index contributed by atoms with van der Waals surface area (Å²) in [4.78, 5) is 11.1. The van der Waals surface area contributed by atoms with Gasteiger partial charge in [-0.1, -0.05) is 57.4 Å². The summed E-state index contributed by atoms with van der Waals surface area (Å²) in [5, 5.41) is 17.1. The van der Waals surface area contributed by atoms with E-state index in [1.165, 1.54) is 29.7 Å². The third-order valence-electron chi connectivity index (χ3n) is 6.59. The van der Waals surface area contributed by atoms with Crippen molar-refractivity contribution < 1.29 is 18.7 Å². The Bertz CT molecular complexity index is 883. The zero-order valence-corrected chi connectivity index (χ0v) is 20.1. The van der Waals surface area contributed by atoms with Crippen LogP contribution < -0.4 is 10.6 Å². The number of nitrogens with one attached hydrogen (secondary N) is 2. The molecule has 2 atom stereocenters. The van der Waals surface area contributed by atoms with Gasteiger partial charge in [0.25, 0.3) is 0 Å². The van der Waals surface area contributed by atoms with Crippen LogP contribution in [0.2, 0.25) is 0 Å². The normalized spacial score (nSPS) is 17.2. The molecule has 7 heteroatoms. The maximum atomic E-state index is 13.6. The number of halogens is 3. The second-order valence-corrected chi connectivity index (χ2v) is 9.24. The molecule has 1 saturated carbocycles. The molecule has 182 valence electrons. The highest BCUT2D eigenvalue weighted by Crippen LogP contribution is 2.38. The Morgan fingerprint density at radius 2 is 1.73 bits per heavy atom. The van der Waals surface area contributed by atoms with Gasteiger partial charge in [0, 0.05) is 18.2 Å². The van der Waals surface area contributed by atoms with Crippen LogP contribution in [0.15, 0.2) is 42.5 Å². The zero-order valence-electron chi connectivity index (χ0n) is 19.3. The molecule has 0 heterocycles. The number of benzene rings is 2. The Balaban J connectivity index is 0.00000385. The van der Waals surface area contributed by atoms with Gasteiger partial charge in [0.1, 0.15) is 11.6 Å². The van der Waals surface area contributed by atoms with E-state index in [0.29, 0.717) is 17.9 Å². The lowest BCUT2D eigenvalue weighted by Crippen LogP contribution is -2.52. The number of carbonyl (C=O) groups excluding carboxylic acids is 1. The summed E-state index contributed by atoms with van der Waals surface area (Å²) in [5.41, 5.74) is 2.66. The Morgan fingerprint density at radius 3 is 2.33 bits per heavy atom. The van der Waals surface area contributed by atoms with E-state index >= 15 is 0 Å². The van der Waals surface area contributed by atoms with Gasteiger partial charge in [-0.05, 0) is 54.0 Å². The number of aliphatic hydroxyl groups excluding tert-OH is 1. The maximum absolute atomic E-state index is 13.6. The third-order valence-corrected chi connectivity index (χ3v) is 6.59. The van der Waals surface area contributed by atoms with Crippen LogP contribution in [0.3, 0.4) is 0 Å². The van der Waals surface area contributed by atoms with Crippen LogP contribution in [0.25, 0.3) is 0 Å². The first-order valence-corrected chi connectivity index (χ1v) is 11.5. The van der Waals surface area contributed by atoms with Crippen molar-refractivity contribution in [1.29, 1.82) is 0 Å². The summed E-state index contributed by atoms with van der Waals surface area (Å²) in [6, 6.07) is 11.2. The fraction of sp³-hybridized carbons (Fsp3) is 0.500. The fourth-order valence-electron chi connectivity index (χ4n) is 4.74. The molecule has 0 spiro atoms. The van der Waals surface area contributed by atoms with E-state index in [-0.39, 0.29) is 30.9 Å². The average molecular weight is 481 g/mol. The van der Waals surface area contributed by atoms with Crippen molar-refractivity contribution in [2.24, 2.45) is 0 Å². The van der Waals surface area contributed by atoms with Crippen molar-refractivity contribution in [3.05, 3.63) is 70.8 Å². The molecule has 0 unspecified atom stereocenters. The Labute approximate surface area is 201 Å². The van der Waals surface area contributed by atoms with E-state index in [9.17, 15) is 18.7 Å². The summed E-state index contributed by atoms with van der Waals surface area (Å²) in [6.45, 7) is 4.61. The molecule has 1 aliphatic rings. The summed E-state index contributed by atoms with van der Waals surface area (Å²) >= 11 is 0. The second-order valence-electron chi connectivity index (χ2n) is 9.24. The average Bonchev–Trinajstić information content (AvgIpc) is 2.77. The van der Waals surface area contributed by atoms with Crippen molar-refractivity contribution in [3.63, 3.8) is 0 Å². The Kier molecular flexibility index (Phi) is 10.3. The van der Waals surface area contributed by atoms with Gasteiger partial charge in [0.05, 0.1) is 12.1 Å². The zero-order chi connectivity index (χ0) is 23.1. The molecule has 2 aromatic carbocycles. The first kappa shape index (κ1) is 27.2. The monoisotopic (exact) mass is 480 g/mol.